The van der Waals surface area contributed by atoms with Crippen LogP contribution in [0.5, 0.6) is 0 Å². The Hall–Kier alpha value is -1.06. The molecule has 1 atom stereocenters. The van der Waals surface area contributed by atoms with Gasteiger partial charge in [0.2, 0.25) is 5.91 Å². The number of likely N-dealkylation sites (N-methyl/N-ethyl adjacent to an activating group) is 1. The van der Waals surface area contributed by atoms with Gasteiger partial charge < -0.3 is 10.2 Å². The first-order chi connectivity index (χ1) is 9.16. The number of benzene rings is 1. The lowest BCUT2D eigenvalue weighted by atomic mass is 9.87. The van der Waals surface area contributed by atoms with E-state index in [1.807, 2.05) is 11.9 Å². The molecule has 1 aliphatic heterocycles. The molecule has 1 heterocycles. The van der Waals surface area contributed by atoms with Crippen LogP contribution in [0.1, 0.15) is 18.1 Å². The van der Waals surface area contributed by atoms with Gasteiger partial charge in [0.25, 0.3) is 0 Å². The van der Waals surface area contributed by atoms with E-state index in [9.17, 15) is 4.79 Å². The number of nitrogens with zero attached hydrogens (tertiary/aromatic N) is 1. The van der Waals surface area contributed by atoms with Crippen molar-refractivity contribution in [2.24, 2.45) is 11.8 Å². The van der Waals surface area contributed by atoms with Crippen LogP contribution in [-0.2, 0) is 17.6 Å². The van der Waals surface area contributed by atoms with Gasteiger partial charge in [0, 0.05) is 19.0 Å². The van der Waals surface area contributed by atoms with Crippen LogP contribution in [-0.4, -0.2) is 37.0 Å². The van der Waals surface area contributed by atoms with Crippen molar-refractivity contribution in [1.29, 1.82) is 0 Å². The van der Waals surface area contributed by atoms with Crippen LogP contribution in [0.15, 0.2) is 24.3 Å². The Labute approximate surface area is 127 Å². The first-order valence-electron chi connectivity index (χ1n) is 7.21. The van der Waals surface area contributed by atoms with Gasteiger partial charge in [0.15, 0.2) is 0 Å². The van der Waals surface area contributed by atoms with Crippen LogP contribution in [0, 0.1) is 11.8 Å². The van der Waals surface area contributed by atoms with Gasteiger partial charge in [-0.2, -0.15) is 0 Å². The molecule has 1 amide bonds. The molecule has 1 aromatic rings. The van der Waals surface area contributed by atoms with Crippen molar-refractivity contribution < 1.29 is 4.79 Å². The van der Waals surface area contributed by atoms with E-state index >= 15 is 0 Å². The Morgan fingerprint density at radius 3 is 2.25 bits per heavy atom. The molecule has 110 valence electrons. The van der Waals surface area contributed by atoms with Gasteiger partial charge in [-0.3, -0.25) is 4.79 Å². The van der Waals surface area contributed by atoms with Crippen LogP contribution in [0.4, 0.5) is 0 Å². The number of carbonyl (C=O) groups excluding carboxylic acids is 1. The largest absolute Gasteiger partial charge is 0.342 e. The maximum atomic E-state index is 12.5. The highest BCUT2D eigenvalue weighted by Crippen LogP contribution is 2.27. The number of hydrogen-bond donors (Lipinski definition) is 1. The molecule has 0 saturated carbocycles. The third kappa shape index (κ3) is 2.70. The van der Waals surface area contributed by atoms with Gasteiger partial charge >= 0.3 is 0 Å². The Balaban J connectivity index is 0.00000147. The fraction of sp³-hybridized carbons (Fsp3) is 0.562. The third-order valence-electron chi connectivity index (χ3n) is 4.83. The summed E-state index contributed by atoms with van der Waals surface area (Å²) in [4.78, 5) is 14.5. The predicted octanol–water partition coefficient (Wildman–Crippen LogP) is 1.89. The summed E-state index contributed by atoms with van der Waals surface area (Å²) in [6.07, 6.45) is 2.02. The molecule has 0 radical (unpaired) electrons. The first-order valence-corrected chi connectivity index (χ1v) is 7.21. The summed E-state index contributed by atoms with van der Waals surface area (Å²) < 4.78 is 0. The molecule has 1 N–H and O–H groups in total. The lowest BCUT2D eigenvalue weighted by molar-refractivity contribution is -0.138. The maximum Gasteiger partial charge on any atom is 0.225 e. The van der Waals surface area contributed by atoms with Crippen LogP contribution in [0.2, 0.25) is 0 Å². The second-order valence-corrected chi connectivity index (χ2v) is 5.99. The summed E-state index contributed by atoms with van der Waals surface area (Å²) in [5.74, 6) is 0.984. The Morgan fingerprint density at radius 2 is 1.80 bits per heavy atom. The zero-order valence-corrected chi connectivity index (χ0v) is 13.0. The van der Waals surface area contributed by atoms with Crippen molar-refractivity contribution in [3.63, 3.8) is 0 Å². The van der Waals surface area contributed by atoms with E-state index in [4.69, 9.17) is 0 Å². The highest BCUT2D eigenvalue weighted by molar-refractivity contribution is 5.85. The smallest absolute Gasteiger partial charge is 0.225 e. The van der Waals surface area contributed by atoms with Gasteiger partial charge in [-0.15, -0.1) is 12.4 Å². The molecule has 3 nitrogen and oxygen atoms in total. The molecule has 3 rings (SSSR count). The van der Waals surface area contributed by atoms with Crippen molar-refractivity contribution in [3.8, 4) is 0 Å². The molecule has 1 aliphatic carbocycles. The van der Waals surface area contributed by atoms with Crippen molar-refractivity contribution in [1.82, 2.24) is 10.2 Å². The summed E-state index contributed by atoms with van der Waals surface area (Å²) in [7, 11) is 1.97. The number of fused-ring (bicyclic) bond motifs is 1. The second kappa shape index (κ2) is 6.15. The van der Waals surface area contributed by atoms with E-state index in [0.717, 1.165) is 25.9 Å². The zero-order chi connectivity index (χ0) is 13.4. The summed E-state index contributed by atoms with van der Waals surface area (Å²) in [6.45, 7) is 4.06. The van der Waals surface area contributed by atoms with E-state index in [-0.39, 0.29) is 18.3 Å². The number of amides is 1. The van der Waals surface area contributed by atoms with E-state index < -0.39 is 0 Å². The van der Waals surface area contributed by atoms with Gasteiger partial charge in [-0.1, -0.05) is 31.2 Å². The number of hydrogen-bond acceptors (Lipinski definition) is 2. The molecule has 1 fully saturated rings. The fourth-order valence-corrected chi connectivity index (χ4v) is 3.18. The number of carbonyl (C=O) groups is 1. The molecule has 4 heteroatoms. The topological polar surface area (TPSA) is 32.3 Å². The molecule has 0 bridgehead atoms. The number of halogens is 1. The minimum atomic E-state index is 0. The molecular weight excluding hydrogens is 272 g/mol. The molecule has 0 aromatic heterocycles. The van der Waals surface area contributed by atoms with Crippen molar-refractivity contribution in [2.45, 2.75) is 25.8 Å². The van der Waals surface area contributed by atoms with Crippen LogP contribution < -0.4 is 5.32 Å². The van der Waals surface area contributed by atoms with Gasteiger partial charge in [0.1, 0.15) is 0 Å². The highest BCUT2D eigenvalue weighted by Gasteiger charge is 2.34. The van der Waals surface area contributed by atoms with Crippen molar-refractivity contribution in [2.75, 3.05) is 20.1 Å². The van der Waals surface area contributed by atoms with E-state index in [1.165, 1.54) is 11.1 Å². The summed E-state index contributed by atoms with van der Waals surface area (Å²) >= 11 is 0. The van der Waals surface area contributed by atoms with Crippen LogP contribution >= 0.6 is 12.4 Å². The predicted molar refractivity (Wildman–Crippen MR) is 83.2 cm³/mol. The molecular formula is C16H23ClN2O. The highest BCUT2D eigenvalue weighted by atomic mass is 35.5. The summed E-state index contributed by atoms with van der Waals surface area (Å²) in [5.41, 5.74) is 2.82. The van der Waals surface area contributed by atoms with Crippen LogP contribution in [0.25, 0.3) is 0 Å². The molecule has 1 aromatic carbocycles. The quantitative estimate of drug-likeness (QED) is 0.923. The summed E-state index contributed by atoms with van der Waals surface area (Å²) in [5, 5.41) is 3.25. The minimum Gasteiger partial charge on any atom is -0.342 e. The summed E-state index contributed by atoms with van der Waals surface area (Å²) in [6, 6.07) is 8.90. The Bertz CT molecular complexity index is 462. The molecule has 2 aliphatic rings. The zero-order valence-electron chi connectivity index (χ0n) is 12.1. The van der Waals surface area contributed by atoms with Gasteiger partial charge in [-0.25, -0.2) is 0 Å². The van der Waals surface area contributed by atoms with Crippen molar-refractivity contribution >= 4 is 18.3 Å². The van der Waals surface area contributed by atoms with Gasteiger partial charge in [0.05, 0.1) is 0 Å². The molecule has 20 heavy (non-hydrogen) atoms. The Kier molecular flexibility index (Phi) is 4.71. The normalized spacial score (nSPS) is 19.7. The average Bonchev–Trinajstić information content (AvgIpc) is 2.78. The third-order valence-corrected chi connectivity index (χ3v) is 4.83. The fourth-order valence-electron chi connectivity index (χ4n) is 3.18. The number of nitrogens with one attached hydrogen (secondary N) is 1. The number of rotatable bonds is 3. The van der Waals surface area contributed by atoms with Gasteiger partial charge in [-0.05, 0) is 43.0 Å². The van der Waals surface area contributed by atoms with Crippen LogP contribution in [0.3, 0.4) is 0 Å². The average molecular weight is 295 g/mol. The Morgan fingerprint density at radius 1 is 1.25 bits per heavy atom. The molecule has 1 saturated heterocycles. The molecule has 1 unspecified atom stereocenters. The monoisotopic (exact) mass is 294 g/mol. The standard InChI is InChI=1S/C16H22N2O.ClH/c1-11(14-9-17-10-14)16(19)18(2)15-7-12-5-3-4-6-13(12)8-15;/h3-6,11,14-15,17H,7-10H2,1-2H3;1H. The van der Waals surface area contributed by atoms with Crippen molar-refractivity contribution in [3.05, 3.63) is 35.4 Å². The second-order valence-electron chi connectivity index (χ2n) is 5.99. The van der Waals surface area contributed by atoms with E-state index in [1.54, 1.807) is 0 Å². The molecule has 0 spiro atoms. The minimum absolute atomic E-state index is 0. The SMILES string of the molecule is CC(C(=O)N(C)C1Cc2ccccc2C1)C1CNC1.Cl. The lowest BCUT2D eigenvalue weighted by Gasteiger charge is -2.35. The maximum absolute atomic E-state index is 12.5. The first kappa shape index (κ1) is 15.3. The lowest BCUT2D eigenvalue weighted by Crippen LogP contribution is -2.51. The van der Waals surface area contributed by atoms with E-state index in [0.29, 0.717) is 17.9 Å². The van der Waals surface area contributed by atoms with E-state index in [2.05, 4.69) is 36.5 Å².